The maximum Gasteiger partial charge on any atom is 0.237 e. The van der Waals surface area contributed by atoms with Crippen molar-refractivity contribution in [1.29, 1.82) is 0 Å². The number of nitrogens with one attached hydrogen (secondary N) is 2. The summed E-state index contributed by atoms with van der Waals surface area (Å²) in [5.74, 6) is 0.0747. The van der Waals surface area contributed by atoms with E-state index < -0.39 is 6.04 Å². The van der Waals surface area contributed by atoms with Gasteiger partial charge >= 0.3 is 0 Å². The predicted octanol–water partition coefficient (Wildman–Crippen LogP) is 0.145. The van der Waals surface area contributed by atoms with Gasteiger partial charge in [0.1, 0.15) is 0 Å². The van der Waals surface area contributed by atoms with Gasteiger partial charge in [0.25, 0.3) is 0 Å². The highest BCUT2D eigenvalue weighted by Gasteiger charge is 2.22. The minimum atomic E-state index is -0.463. The first-order valence-corrected chi connectivity index (χ1v) is 6.33. The van der Waals surface area contributed by atoms with E-state index in [1.807, 2.05) is 13.8 Å². The molecule has 0 aromatic carbocycles. The van der Waals surface area contributed by atoms with Crippen molar-refractivity contribution < 1.29 is 9.59 Å². The highest BCUT2D eigenvalue weighted by molar-refractivity contribution is 5.81. The normalized spacial score (nSPS) is 16.7. The average Bonchev–Trinajstić information content (AvgIpc) is 3.06. The highest BCUT2D eigenvalue weighted by atomic mass is 16.2. The molecule has 0 saturated heterocycles. The lowest BCUT2D eigenvalue weighted by Crippen LogP contribution is -2.44. The SMILES string of the molecule is CC(C)C(N)C(=O)NCCCC(=O)NC1CC1. The number of hydrogen-bond acceptors (Lipinski definition) is 3. The Bertz CT molecular complexity index is 275. The second-order valence-electron chi connectivity index (χ2n) is 5.01. The molecule has 1 unspecified atom stereocenters. The van der Waals surface area contributed by atoms with Crippen molar-refractivity contribution in [3.8, 4) is 0 Å². The molecule has 17 heavy (non-hydrogen) atoms. The number of rotatable bonds is 7. The Morgan fingerprint density at radius 2 is 2.00 bits per heavy atom. The van der Waals surface area contributed by atoms with Gasteiger partial charge in [-0.2, -0.15) is 0 Å². The van der Waals surface area contributed by atoms with Crippen molar-refractivity contribution in [2.24, 2.45) is 11.7 Å². The largest absolute Gasteiger partial charge is 0.355 e. The van der Waals surface area contributed by atoms with Crippen LogP contribution in [0.1, 0.15) is 39.5 Å². The van der Waals surface area contributed by atoms with Crippen LogP contribution in [0, 0.1) is 5.92 Å². The molecule has 0 aromatic rings. The van der Waals surface area contributed by atoms with Gasteiger partial charge in [-0.3, -0.25) is 9.59 Å². The Labute approximate surface area is 103 Å². The molecule has 5 heteroatoms. The topological polar surface area (TPSA) is 84.2 Å². The first-order chi connectivity index (χ1) is 8.00. The lowest BCUT2D eigenvalue weighted by molar-refractivity contribution is -0.124. The molecule has 0 aromatic heterocycles. The molecule has 98 valence electrons. The Morgan fingerprint density at radius 1 is 1.35 bits per heavy atom. The van der Waals surface area contributed by atoms with Gasteiger partial charge in [0, 0.05) is 19.0 Å². The Balaban J connectivity index is 2.02. The van der Waals surface area contributed by atoms with Crippen LogP contribution in [0.25, 0.3) is 0 Å². The van der Waals surface area contributed by atoms with Gasteiger partial charge in [0.05, 0.1) is 6.04 Å². The van der Waals surface area contributed by atoms with Gasteiger partial charge in [-0.25, -0.2) is 0 Å². The van der Waals surface area contributed by atoms with E-state index in [-0.39, 0.29) is 17.7 Å². The molecule has 5 nitrogen and oxygen atoms in total. The zero-order chi connectivity index (χ0) is 12.8. The summed E-state index contributed by atoms with van der Waals surface area (Å²) >= 11 is 0. The van der Waals surface area contributed by atoms with E-state index in [4.69, 9.17) is 5.73 Å². The van der Waals surface area contributed by atoms with Gasteiger partial charge in [-0.15, -0.1) is 0 Å². The van der Waals surface area contributed by atoms with Crippen LogP contribution >= 0.6 is 0 Å². The Kier molecular flexibility index (Phi) is 5.41. The summed E-state index contributed by atoms with van der Waals surface area (Å²) in [6.45, 7) is 4.33. The van der Waals surface area contributed by atoms with Crippen LogP contribution in [-0.2, 0) is 9.59 Å². The summed E-state index contributed by atoms with van der Waals surface area (Å²) in [4.78, 5) is 22.8. The van der Waals surface area contributed by atoms with E-state index in [0.29, 0.717) is 25.4 Å². The van der Waals surface area contributed by atoms with Crippen LogP contribution < -0.4 is 16.4 Å². The zero-order valence-corrected chi connectivity index (χ0v) is 10.7. The number of hydrogen-bond donors (Lipinski definition) is 3. The fourth-order valence-electron chi connectivity index (χ4n) is 1.41. The summed E-state index contributed by atoms with van der Waals surface area (Å²) in [6.07, 6.45) is 3.33. The van der Waals surface area contributed by atoms with Crippen molar-refractivity contribution in [3.05, 3.63) is 0 Å². The summed E-state index contributed by atoms with van der Waals surface area (Å²) in [5.41, 5.74) is 5.68. The van der Waals surface area contributed by atoms with Gasteiger partial charge < -0.3 is 16.4 Å². The van der Waals surface area contributed by atoms with Gasteiger partial charge in [-0.05, 0) is 25.2 Å². The molecule has 1 fully saturated rings. The molecule has 0 heterocycles. The van der Waals surface area contributed by atoms with Crippen LogP contribution in [0.5, 0.6) is 0 Å². The van der Waals surface area contributed by atoms with Crippen molar-refractivity contribution in [2.75, 3.05) is 6.54 Å². The van der Waals surface area contributed by atoms with Crippen molar-refractivity contribution >= 4 is 11.8 Å². The lowest BCUT2D eigenvalue weighted by Gasteiger charge is -2.15. The van der Waals surface area contributed by atoms with Crippen LogP contribution in [0.4, 0.5) is 0 Å². The molecule has 1 rings (SSSR count). The second kappa shape index (κ2) is 6.59. The fourth-order valence-corrected chi connectivity index (χ4v) is 1.41. The number of carbonyl (C=O) groups excluding carboxylic acids is 2. The van der Waals surface area contributed by atoms with Crippen molar-refractivity contribution in [3.63, 3.8) is 0 Å². The molecule has 1 aliphatic carbocycles. The smallest absolute Gasteiger partial charge is 0.237 e. The Hall–Kier alpha value is -1.10. The van der Waals surface area contributed by atoms with E-state index in [9.17, 15) is 9.59 Å². The molecule has 1 aliphatic rings. The highest BCUT2D eigenvalue weighted by Crippen LogP contribution is 2.18. The first kappa shape index (κ1) is 14.0. The van der Waals surface area contributed by atoms with Crippen LogP contribution in [0.2, 0.25) is 0 Å². The summed E-state index contributed by atoms with van der Waals surface area (Å²) < 4.78 is 0. The van der Waals surface area contributed by atoms with E-state index in [1.54, 1.807) is 0 Å². The predicted molar refractivity (Wildman–Crippen MR) is 66.2 cm³/mol. The van der Waals surface area contributed by atoms with Crippen molar-refractivity contribution in [1.82, 2.24) is 10.6 Å². The summed E-state index contributed by atoms with van der Waals surface area (Å²) in [6, 6.07) is -0.0539. The zero-order valence-electron chi connectivity index (χ0n) is 10.7. The van der Waals surface area contributed by atoms with Gasteiger partial charge in [0.2, 0.25) is 11.8 Å². The lowest BCUT2D eigenvalue weighted by atomic mass is 10.1. The third kappa shape index (κ3) is 5.68. The molecule has 2 amide bonds. The average molecular weight is 241 g/mol. The minimum absolute atomic E-state index is 0.0786. The minimum Gasteiger partial charge on any atom is -0.355 e. The van der Waals surface area contributed by atoms with Crippen LogP contribution in [0.15, 0.2) is 0 Å². The maximum absolute atomic E-state index is 11.5. The summed E-state index contributed by atoms with van der Waals surface area (Å²) in [5, 5.41) is 5.65. The standard InChI is InChI=1S/C12H23N3O2/c1-8(2)11(13)12(17)14-7-3-4-10(16)15-9-5-6-9/h8-9,11H,3-7,13H2,1-2H3,(H,14,17)(H,15,16). The van der Waals surface area contributed by atoms with Gasteiger partial charge in [0.15, 0.2) is 0 Å². The van der Waals surface area contributed by atoms with Gasteiger partial charge in [-0.1, -0.05) is 13.8 Å². The van der Waals surface area contributed by atoms with E-state index in [2.05, 4.69) is 10.6 Å². The first-order valence-electron chi connectivity index (χ1n) is 6.33. The third-order valence-electron chi connectivity index (χ3n) is 2.84. The van der Waals surface area contributed by atoms with Crippen LogP contribution in [0.3, 0.4) is 0 Å². The van der Waals surface area contributed by atoms with Crippen molar-refractivity contribution in [2.45, 2.75) is 51.6 Å². The molecular weight excluding hydrogens is 218 g/mol. The van der Waals surface area contributed by atoms with E-state index in [1.165, 1.54) is 0 Å². The number of amides is 2. The van der Waals surface area contributed by atoms with E-state index >= 15 is 0 Å². The fraction of sp³-hybridized carbons (Fsp3) is 0.833. The quantitative estimate of drug-likeness (QED) is 0.554. The molecule has 0 radical (unpaired) electrons. The molecule has 0 spiro atoms. The molecular formula is C12H23N3O2. The number of nitrogens with two attached hydrogens (primary N) is 1. The van der Waals surface area contributed by atoms with Crippen LogP contribution in [-0.4, -0.2) is 30.4 Å². The second-order valence-corrected chi connectivity index (χ2v) is 5.01. The molecule has 4 N–H and O–H groups in total. The molecule has 0 bridgehead atoms. The summed E-state index contributed by atoms with van der Waals surface area (Å²) in [7, 11) is 0. The molecule has 1 atom stereocenters. The molecule has 1 saturated carbocycles. The molecule has 0 aliphatic heterocycles. The maximum atomic E-state index is 11.5. The monoisotopic (exact) mass is 241 g/mol. The third-order valence-corrected chi connectivity index (χ3v) is 2.84. The number of carbonyl (C=O) groups is 2. The van der Waals surface area contributed by atoms with E-state index in [0.717, 1.165) is 12.8 Å². The Morgan fingerprint density at radius 3 is 2.53 bits per heavy atom.